The zero-order valence-corrected chi connectivity index (χ0v) is 19.2. The highest BCUT2D eigenvalue weighted by Crippen LogP contribution is 2.27. The van der Waals surface area contributed by atoms with Crippen LogP contribution in [0.2, 0.25) is 0 Å². The topological polar surface area (TPSA) is 89.1 Å². The standard InChI is InChI=1S/C21H29N3O3.HI/c1-5-14-8-7-9-15(6-2)20(14)24-21(22)23-13-19(25)16-10-17(26-3)12-18(11-16)27-4;/h7-12,19,25H,5-6,13H2,1-4H3,(H3,22,23,24);1H. The van der Waals surface area contributed by atoms with Gasteiger partial charge in [-0.2, -0.15) is 0 Å². The van der Waals surface area contributed by atoms with Crippen LogP contribution in [0.25, 0.3) is 0 Å². The Hall–Kier alpha value is -2.00. The van der Waals surface area contributed by atoms with Gasteiger partial charge < -0.3 is 25.6 Å². The molecule has 1 unspecified atom stereocenters. The summed E-state index contributed by atoms with van der Waals surface area (Å²) < 4.78 is 10.5. The van der Waals surface area contributed by atoms with Crippen molar-refractivity contribution in [1.82, 2.24) is 0 Å². The Labute approximate surface area is 184 Å². The van der Waals surface area contributed by atoms with Gasteiger partial charge in [0.05, 0.1) is 26.9 Å². The van der Waals surface area contributed by atoms with Crippen LogP contribution < -0.4 is 20.5 Å². The minimum Gasteiger partial charge on any atom is -0.497 e. The molecular formula is C21H30IN3O3. The molecular weight excluding hydrogens is 469 g/mol. The number of nitrogens with one attached hydrogen (secondary N) is 1. The van der Waals surface area contributed by atoms with E-state index in [0.29, 0.717) is 17.1 Å². The Morgan fingerprint density at radius 1 is 1.07 bits per heavy atom. The van der Waals surface area contributed by atoms with Crippen LogP contribution in [0.4, 0.5) is 5.69 Å². The van der Waals surface area contributed by atoms with Crippen LogP contribution in [0.5, 0.6) is 11.5 Å². The van der Waals surface area contributed by atoms with Crippen molar-refractivity contribution in [2.24, 2.45) is 10.7 Å². The van der Waals surface area contributed by atoms with Crippen molar-refractivity contribution < 1.29 is 14.6 Å². The molecule has 4 N–H and O–H groups in total. The van der Waals surface area contributed by atoms with E-state index < -0.39 is 6.10 Å². The third-order valence-corrected chi connectivity index (χ3v) is 4.45. The summed E-state index contributed by atoms with van der Waals surface area (Å²) in [5.41, 5.74) is 10.1. The zero-order chi connectivity index (χ0) is 19.8. The number of anilines is 1. The highest BCUT2D eigenvalue weighted by Gasteiger charge is 2.12. The molecule has 0 saturated carbocycles. The molecule has 0 radical (unpaired) electrons. The first-order valence-electron chi connectivity index (χ1n) is 9.11. The van der Waals surface area contributed by atoms with Crippen molar-refractivity contribution in [3.63, 3.8) is 0 Å². The van der Waals surface area contributed by atoms with Gasteiger partial charge in [0.25, 0.3) is 0 Å². The van der Waals surface area contributed by atoms with Crippen LogP contribution in [0.15, 0.2) is 41.4 Å². The molecule has 0 spiro atoms. The molecule has 6 nitrogen and oxygen atoms in total. The summed E-state index contributed by atoms with van der Waals surface area (Å²) >= 11 is 0. The van der Waals surface area contributed by atoms with Gasteiger partial charge >= 0.3 is 0 Å². The van der Waals surface area contributed by atoms with Crippen LogP contribution in [-0.2, 0) is 12.8 Å². The maximum atomic E-state index is 10.5. The van der Waals surface area contributed by atoms with Crippen molar-refractivity contribution >= 4 is 35.6 Å². The first-order chi connectivity index (χ1) is 13.0. The highest BCUT2D eigenvalue weighted by molar-refractivity contribution is 14.0. The number of aliphatic imine (C=N–C) groups is 1. The van der Waals surface area contributed by atoms with Crippen molar-refractivity contribution in [3.05, 3.63) is 53.1 Å². The van der Waals surface area contributed by atoms with Gasteiger partial charge in [-0.15, -0.1) is 24.0 Å². The summed E-state index contributed by atoms with van der Waals surface area (Å²) in [4.78, 5) is 4.31. The van der Waals surface area contributed by atoms with Crippen LogP contribution in [-0.4, -0.2) is 31.8 Å². The van der Waals surface area contributed by atoms with Crippen LogP contribution in [0, 0.1) is 0 Å². The summed E-state index contributed by atoms with van der Waals surface area (Å²) in [6.45, 7) is 4.34. The number of methoxy groups -OCH3 is 2. The first kappa shape index (κ1) is 24.0. The Morgan fingerprint density at radius 3 is 2.07 bits per heavy atom. The SMILES string of the molecule is CCc1cccc(CC)c1NC(N)=NCC(O)c1cc(OC)cc(OC)c1.I. The molecule has 2 rings (SSSR count). The maximum absolute atomic E-state index is 10.5. The van der Waals surface area contributed by atoms with Crippen molar-refractivity contribution in [3.8, 4) is 11.5 Å². The van der Waals surface area contributed by atoms with E-state index in [1.807, 2.05) is 0 Å². The number of para-hydroxylation sites is 1. The minimum atomic E-state index is -0.818. The third kappa shape index (κ3) is 6.27. The summed E-state index contributed by atoms with van der Waals surface area (Å²) in [5, 5.41) is 13.7. The van der Waals surface area contributed by atoms with E-state index >= 15 is 0 Å². The molecule has 0 amide bonds. The molecule has 28 heavy (non-hydrogen) atoms. The number of aliphatic hydroxyl groups excluding tert-OH is 1. The van der Waals surface area contributed by atoms with E-state index in [1.165, 1.54) is 11.1 Å². The average molecular weight is 499 g/mol. The van der Waals surface area contributed by atoms with Crippen molar-refractivity contribution in [1.29, 1.82) is 0 Å². The van der Waals surface area contributed by atoms with Crippen LogP contribution in [0.3, 0.4) is 0 Å². The molecule has 0 aromatic heterocycles. The van der Waals surface area contributed by atoms with E-state index in [2.05, 4.69) is 42.4 Å². The lowest BCUT2D eigenvalue weighted by atomic mass is 10.0. The molecule has 7 heteroatoms. The molecule has 0 aliphatic rings. The molecule has 0 fully saturated rings. The average Bonchev–Trinajstić information content (AvgIpc) is 2.71. The molecule has 0 aliphatic carbocycles. The number of ether oxygens (including phenoxy) is 2. The second-order valence-corrected chi connectivity index (χ2v) is 6.17. The fourth-order valence-corrected chi connectivity index (χ4v) is 2.88. The Kier molecular flexibility index (Phi) is 10.1. The Balaban J connectivity index is 0.00000392. The number of guanidine groups is 1. The van der Waals surface area contributed by atoms with Crippen molar-refractivity contribution in [2.75, 3.05) is 26.1 Å². The zero-order valence-electron chi connectivity index (χ0n) is 16.9. The van der Waals surface area contributed by atoms with E-state index in [0.717, 1.165) is 18.5 Å². The Morgan fingerprint density at radius 2 is 1.61 bits per heavy atom. The lowest BCUT2D eigenvalue weighted by Gasteiger charge is -2.16. The molecule has 154 valence electrons. The fourth-order valence-electron chi connectivity index (χ4n) is 2.88. The monoisotopic (exact) mass is 499 g/mol. The predicted octanol–water partition coefficient (Wildman–Crippen LogP) is 3.91. The second kappa shape index (κ2) is 11.8. The van der Waals surface area contributed by atoms with Gasteiger partial charge in [-0.25, -0.2) is 0 Å². The molecule has 2 aromatic carbocycles. The molecule has 2 aromatic rings. The molecule has 0 aliphatic heterocycles. The highest BCUT2D eigenvalue weighted by atomic mass is 127. The normalized spacial score (nSPS) is 12.1. The smallest absolute Gasteiger partial charge is 0.193 e. The number of nitrogens with zero attached hydrogens (tertiary/aromatic N) is 1. The van der Waals surface area contributed by atoms with E-state index in [4.69, 9.17) is 15.2 Å². The third-order valence-electron chi connectivity index (χ3n) is 4.45. The molecule has 0 heterocycles. The summed E-state index contributed by atoms with van der Waals surface area (Å²) in [6, 6.07) is 11.5. The van der Waals surface area contributed by atoms with Gasteiger partial charge in [0.1, 0.15) is 11.5 Å². The quantitative estimate of drug-likeness (QED) is 0.291. The minimum absolute atomic E-state index is 0. The van der Waals surface area contributed by atoms with Crippen molar-refractivity contribution in [2.45, 2.75) is 32.8 Å². The summed E-state index contributed by atoms with van der Waals surface area (Å²) in [6.07, 6.45) is 0.979. The van der Waals surface area contributed by atoms with Gasteiger partial charge in [-0.3, -0.25) is 4.99 Å². The van der Waals surface area contributed by atoms with E-state index in [1.54, 1.807) is 32.4 Å². The number of hydrogen-bond acceptors (Lipinski definition) is 4. The van der Waals surface area contributed by atoms with Gasteiger partial charge in [0, 0.05) is 11.8 Å². The summed E-state index contributed by atoms with van der Waals surface area (Å²) in [7, 11) is 3.14. The predicted molar refractivity (Wildman–Crippen MR) is 125 cm³/mol. The number of aliphatic hydroxyl groups is 1. The molecule has 1 atom stereocenters. The maximum Gasteiger partial charge on any atom is 0.193 e. The van der Waals surface area contributed by atoms with Gasteiger partial charge in [0.2, 0.25) is 0 Å². The lowest BCUT2D eigenvalue weighted by molar-refractivity contribution is 0.186. The number of halogens is 1. The van der Waals surface area contributed by atoms with Crippen LogP contribution >= 0.6 is 24.0 Å². The van der Waals surface area contributed by atoms with Crippen LogP contribution in [0.1, 0.15) is 36.6 Å². The molecule has 0 bridgehead atoms. The lowest BCUT2D eigenvalue weighted by Crippen LogP contribution is -2.25. The van der Waals surface area contributed by atoms with Gasteiger partial charge in [0.15, 0.2) is 5.96 Å². The van der Waals surface area contributed by atoms with Gasteiger partial charge in [-0.1, -0.05) is 32.0 Å². The summed E-state index contributed by atoms with van der Waals surface area (Å²) in [5.74, 6) is 1.50. The first-order valence-corrected chi connectivity index (χ1v) is 9.11. The van der Waals surface area contributed by atoms with E-state index in [-0.39, 0.29) is 36.5 Å². The van der Waals surface area contributed by atoms with Gasteiger partial charge in [-0.05, 0) is 41.7 Å². The fraction of sp³-hybridized carbons (Fsp3) is 0.381. The second-order valence-electron chi connectivity index (χ2n) is 6.17. The number of nitrogens with two attached hydrogens (primary N) is 1. The Bertz CT molecular complexity index is 752. The van der Waals surface area contributed by atoms with E-state index in [9.17, 15) is 5.11 Å². The number of hydrogen-bond donors (Lipinski definition) is 3. The number of rotatable bonds is 8. The largest absolute Gasteiger partial charge is 0.497 e. The molecule has 0 saturated heterocycles. The number of aryl methyl sites for hydroxylation is 2. The number of benzene rings is 2.